The highest BCUT2D eigenvalue weighted by Crippen LogP contribution is 2.21. The first-order chi connectivity index (χ1) is 9.34. The largest absolute Gasteiger partial charge is 0.365 e. The Balaban J connectivity index is 1.88. The van der Waals surface area contributed by atoms with Gasteiger partial charge < -0.3 is 5.32 Å². The van der Waals surface area contributed by atoms with Gasteiger partial charge in [-0.25, -0.2) is 9.97 Å². The summed E-state index contributed by atoms with van der Waals surface area (Å²) in [4.78, 5) is 7.99. The SMILES string of the molecule is Clc1cncnc1NCc1cccc2ccccc12. The molecule has 0 unspecified atom stereocenters. The average Bonchev–Trinajstić information content (AvgIpc) is 2.46. The van der Waals surface area contributed by atoms with E-state index in [9.17, 15) is 0 Å². The van der Waals surface area contributed by atoms with E-state index in [4.69, 9.17) is 11.6 Å². The Labute approximate surface area is 116 Å². The van der Waals surface area contributed by atoms with Crippen LogP contribution in [-0.4, -0.2) is 9.97 Å². The van der Waals surface area contributed by atoms with Crippen LogP contribution < -0.4 is 5.32 Å². The fourth-order valence-electron chi connectivity index (χ4n) is 2.07. The second-order valence-electron chi connectivity index (χ2n) is 4.21. The molecule has 0 aliphatic rings. The first kappa shape index (κ1) is 11.9. The zero-order chi connectivity index (χ0) is 13.1. The van der Waals surface area contributed by atoms with Crippen LogP contribution in [0.5, 0.6) is 0 Å². The molecule has 3 aromatic rings. The number of nitrogens with one attached hydrogen (secondary N) is 1. The molecular formula is C15H12ClN3. The molecule has 0 spiro atoms. The van der Waals surface area contributed by atoms with Crippen molar-refractivity contribution < 1.29 is 0 Å². The minimum atomic E-state index is 0.530. The summed E-state index contributed by atoms with van der Waals surface area (Å²) >= 11 is 6.02. The molecule has 0 atom stereocenters. The summed E-state index contributed by atoms with van der Waals surface area (Å²) < 4.78 is 0. The first-order valence-electron chi connectivity index (χ1n) is 6.00. The van der Waals surface area contributed by atoms with Gasteiger partial charge in [0.2, 0.25) is 0 Å². The monoisotopic (exact) mass is 269 g/mol. The average molecular weight is 270 g/mol. The molecule has 2 aromatic carbocycles. The Morgan fingerprint density at radius 2 is 1.89 bits per heavy atom. The smallest absolute Gasteiger partial charge is 0.148 e. The van der Waals surface area contributed by atoms with Crippen molar-refractivity contribution in [3.8, 4) is 0 Å². The fourth-order valence-corrected chi connectivity index (χ4v) is 2.24. The molecule has 1 aromatic heterocycles. The van der Waals surface area contributed by atoms with Crippen molar-refractivity contribution in [1.29, 1.82) is 0 Å². The Hall–Kier alpha value is -2.13. The third-order valence-electron chi connectivity index (χ3n) is 2.99. The van der Waals surface area contributed by atoms with E-state index < -0.39 is 0 Å². The van der Waals surface area contributed by atoms with Crippen LogP contribution in [0.3, 0.4) is 0 Å². The number of anilines is 1. The Kier molecular flexibility index (Phi) is 3.29. The molecule has 0 radical (unpaired) electrons. The van der Waals surface area contributed by atoms with Gasteiger partial charge in [-0.15, -0.1) is 0 Å². The van der Waals surface area contributed by atoms with Gasteiger partial charge in [0.25, 0.3) is 0 Å². The molecule has 0 fully saturated rings. The van der Waals surface area contributed by atoms with Crippen LogP contribution in [0.1, 0.15) is 5.56 Å². The first-order valence-corrected chi connectivity index (χ1v) is 6.38. The number of fused-ring (bicyclic) bond motifs is 1. The molecule has 0 aliphatic carbocycles. The number of rotatable bonds is 3. The van der Waals surface area contributed by atoms with Gasteiger partial charge in [0.1, 0.15) is 17.2 Å². The summed E-state index contributed by atoms with van der Waals surface area (Å²) in [6, 6.07) is 14.6. The third-order valence-corrected chi connectivity index (χ3v) is 3.27. The van der Waals surface area contributed by atoms with Crippen LogP contribution in [-0.2, 0) is 6.54 Å². The van der Waals surface area contributed by atoms with E-state index in [1.54, 1.807) is 6.20 Å². The minimum absolute atomic E-state index is 0.530. The zero-order valence-corrected chi connectivity index (χ0v) is 10.9. The molecule has 4 heteroatoms. The summed E-state index contributed by atoms with van der Waals surface area (Å²) in [6.07, 6.45) is 3.07. The van der Waals surface area contributed by atoms with Gasteiger partial charge in [-0.3, -0.25) is 0 Å². The van der Waals surface area contributed by atoms with Crippen molar-refractivity contribution in [3.05, 3.63) is 65.6 Å². The van der Waals surface area contributed by atoms with E-state index in [1.165, 1.54) is 22.7 Å². The Morgan fingerprint density at radius 1 is 1.05 bits per heavy atom. The molecular weight excluding hydrogens is 258 g/mol. The normalized spacial score (nSPS) is 10.6. The predicted molar refractivity (Wildman–Crippen MR) is 78.3 cm³/mol. The topological polar surface area (TPSA) is 37.8 Å². The van der Waals surface area contributed by atoms with Gasteiger partial charge >= 0.3 is 0 Å². The van der Waals surface area contributed by atoms with E-state index in [0.29, 0.717) is 17.4 Å². The lowest BCUT2D eigenvalue weighted by Gasteiger charge is -2.09. The minimum Gasteiger partial charge on any atom is -0.365 e. The summed E-state index contributed by atoms with van der Waals surface area (Å²) in [6.45, 7) is 0.679. The maximum Gasteiger partial charge on any atom is 0.148 e. The molecule has 0 amide bonds. The van der Waals surface area contributed by atoms with Crippen molar-refractivity contribution in [1.82, 2.24) is 9.97 Å². The van der Waals surface area contributed by atoms with Crippen LogP contribution in [0.25, 0.3) is 10.8 Å². The highest BCUT2D eigenvalue weighted by molar-refractivity contribution is 6.32. The molecule has 1 heterocycles. The molecule has 0 aliphatic heterocycles. The van der Waals surface area contributed by atoms with Crippen LogP contribution >= 0.6 is 11.6 Å². The summed E-state index contributed by atoms with van der Waals surface area (Å²) in [5, 5.41) is 6.24. The molecule has 0 saturated carbocycles. The Bertz CT molecular complexity index is 707. The van der Waals surface area contributed by atoms with Crippen molar-refractivity contribution in [2.24, 2.45) is 0 Å². The molecule has 0 saturated heterocycles. The van der Waals surface area contributed by atoms with Crippen molar-refractivity contribution in [2.75, 3.05) is 5.32 Å². The summed E-state index contributed by atoms with van der Waals surface area (Å²) in [5.74, 6) is 0.657. The molecule has 1 N–H and O–H groups in total. The predicted octanol–water partition coefficient (Wildman–Crippen LogP) is 3.90. The van der Waals surface area contributed by atoms with Crippen LogP contribution in [0.2, 0.25) is 5.02 Å². The molecule has 3 rings (SSSR count). The van der Waals surface area contributed by atoms with Crippen molar-refractivity contribution in [2.45, 2.75) is 6.54 Å². The quantitative estimate of drug-likeness (QED) is 0.784. The lowest BCUT2D eigenvalue weighted by molar-refractivity contribution is 1.09. The zero-order valence-electron chi connectivity index (χ0n) is 10.2. The maximum absolute atomic E-state index is 6.02. The van der Waals surface area contributed by atoms with Crippen molar-refractivity contribution in [3.63, 3.8) is 0 Å². The number of nitrogens with zero attached hydrogens (tertiary/aromatic N) is 2. The molecule has 94 valence electrons. The van der Waals surface area contributed by atoms with Gasteiger partial charge in [-0.05, 0) is 16.3 Å². The number of hydrogen-bond donors (Lipinski definition) is 1. The van der Waals surface area contributed by atoms with Gasteiger partial charge in [0.15, 0.2) is 0 Å². The van der Waals surface area contributed by atoms with Gasteiger partial charge in [0, 0.05) is 6.54 Å². The van der Waals surface area contributed by atoms with E-state index in [-0.39, 0.29) is 0 Å². The lowest BCUT2D eigenvalue weighted by Crippen LogP contribution is -2.02. The molecule has 0 bridgehead atoms. The second kappa shape index (κ2) is 5.24. The standard InChI is InChI=1S/C15H12ClN3/c16-14-9-17-10-19-15(14)18-8-12-6-3-5-11-4-1-2-7-13(11)12/h1-7,9-10H,8H2,(H,17,18,19). The van der Waals surface area contributed by atoms with E-state index >= 15 is 0 Å². The highest BCUT2D eigenvalue weighted by atomic mass is 35.5. The van der Waals surface area contributed by atoms with E-state index in [0.717, 1.165) is 0 Å². The fraction of sp³-hybridized carbons (Fsp3) is 0.0667. The molecule has 19 heavy (non-hydrogen) atoms. The van der Waals surface area contributed by atoms with E-state index in [2.05, 4.69) is 45.6 Å². The third kappa shape index (κ3) is 2.51. The Morgan fingerprint density at radius 3 is 2.79 bits per heavy atom. The summed E-state index contributed by atoms with van der Waals surface area (Å²) in [7, 11) is 0. The van der Waals surface area contributed by atoms with Crippen LogP contribution in [0.15, 0.2) is 55.0 Å². The number of halogens is 1. The molecule has 3 nitrogen and oxygen atoms in total. The van der Waals surface area contributed by atoms with Gasteiger partial charge in [-0.1, -0.05) is 54.1 Å². The number of benzene rings is 2. The van der Waals surface area contributed by atoms with E-state index in [1.807, 2.05) is 12.1 Å². The maximum atomic E-state index is 6.02. The van der Waals surface area contributed by atoms with Crippen molar-refractivity contribution >= 4 is 28.2 Å². The summed E-state index contributed by atoms with van der Waals surface area (Å²) in [5.41, 5.74) is 1.22. The number of aromatic nitrogens is 2. The highest BCUT2D eigenvalue weighted by Gasteiger charge is 2.03. The lowest BCUT2D eigenvalue weighted by atomic mass is 10.0. The van der Waals surface area contributed by atoms with Gasteiger partial charge in [-0.2, -0.15) is 0 Å². The van der Waals surface area contributed by atoms with Crippen LogP contribution in [0.4, 0.5) is 5.82 Å². The number of hydrogen-bond acceptors (Lipinski definition) is 3. The van der Waals surface area contributed by atoms with Gasteiger partial charge in [0.05, 0.1) is 6.20 Å². The van der Waals surface area contributed by atoms with Crippen LogP contribution in [0, 0.1) is 0 Å². The second-order valence-corrected chi connectivity index (χ2v) is 4.62.